The number of aryl methyl sites for hydroxylation is 2. The molecule has 1 N–H and O–H groups in total. The van der Waals surface area contributed by atoms with Crippen molar-refractivity contribution in [2.75, 3.05) is 19.7 Å². The summed E-state index contributed by atoms with van der Waals surface area (Å²) in [6, 6.07) is 11.8. The minimum absolute atomic E-state index is 0.290. The second-order valence-electron chi connectivity index (χ2n) is 6.79. The van der Waals surface area contributed by atoms with Gasteiger partial charge in [0, 0.05) is 24.7 Å². The SMILES string of the molecule is Cc1ccc(OC[C@H]2CCCN(Cc3nc(C)ccc3O)C2)cc1. The van der Waals surface area contributed by atoms with E-state index in [9.17, 15) is 5.11 Å². The molecule has 1 aromatic heterocycles. The number of hydrogen-bond donors (Lipinski definition) is 1. The average molecular weight is 326 g/mol. The van der Waals surface area contributed by atoms with E-state index in [1.807, 2.05) is 25.1 Å². The Morgan fingerprint density at radius 3 is 2.75 bits per heavy atom. The molecule has 1 aliphatic rings. The predicted molar refractivity (Wildman–Crippen MR) is 95.3 cm³/mol. The van der Waals surface area contributed by atoms with E-state index in [-0.39, 0.29) is 0 Å². The second-order valence-corrected chi connectivity index (χ2v) is 6.79. The van der Waals surface area contributed by atoms with Gasteiger partial charge in [0.2, 0.25) is 0 Å². The molecule has 1 aromatic carbocycles. The Labute approximate surface area is 144 Å². The van der Waals surface area contributed by atoms with Crippen LogP contribution in [-0.2, 0) is 6.54 Å². The van der Waals surface area contributed by atoms with Crippen LogP contribution >= 0.6 is 0 Å². The number of piperidine rings is 1. The van der Waals surface area contributed by atoms with E-state index in [2.05, 4.69) is 28.9 Å². The average Bonchev–Trinajstić information content (AvgIpc) is 2.58. The number of hydrogen-bond acceptors (Lipinski definition) is 4. The van der Waals surface area contributed by atoms with Gasteiger partial charge in [-0.25, -0.2) is 0 Å². The maximum Gasteiger partial charge on any atom is 0.138 e. The van der Waals surface area contributed by atoms with Crippen molar-refractivity contribution in [1.29, 1.82) is 0 Å². The van der Waals surface area contributed by atoms with Crippen molar-refractivity contribution in [2.45, 2.75) is 33.2 Å². The number of benzene rings is 1. The Kier molecular flexibility index (Phi) is 5.36. The molecular formula is C20H26N2O2. The van der Waals surface area contributed by atoms with Crippen molar-refractivity contribution in [3.63, 3.8) is 0 Å². The third-order valence-electron chi connectivity index (χ3n) is 4.57. The third-order valence-corrected chi connectivity index (χ3v) is 4.57. The summed E-state index contributed by atoms with van der Waals surface area (Å²) in [5, 5.41) is 9.99. The molecule has 0 saturated carbocycles. The molecule has 0 spiro atoms. The van der Waals surface area contributed by atoms with Gasteiger partial charge in [-0.2, -0.15) is 0 Å². The third kappa shape index (κ3) is 4.48. The van der Waals surface area contributed by atoms with E-state index in [1.54, 1.807) is 6.07 Å². The van der Waals surface area contributed by atoms with Gasteiger partial charge in [0.25, 0.3) is 0 Å². The number of aromatic nitrogens is 1. The maximum absolute atomic E-state index is 9.99. The number of aromatic hydroxyl groups is 1. The Morgan fingerprint density at radius 2 is 1.96 bits per heavy atom. The smallest absolute Gasteiger partial charge is 0.138 e. The maximum atomic E-state index is 9.99. The summed E-state index contributed by atoms with van der Waals surface area (Å²) in [6.07, 6.45) is 2.35. The zero-order valence-electron chi connectivity index (χ0n) is 14.5. The quantitative estimate of drug-likeness (QED) is 0.910. The topological polar surface area (TPSA) is 45.6 Å². The van der Waals surface area contributed by atoms with Crippen LogP contribution in [0.1, 0.15) is 29.8 Å². The number of nitrogens with zero attached hydrogens (tertiary/aromatic N) is 2. The molecule has 0 bridgehead atoms. The normalized spacial score (nSPS) is 18.5. The number of rotatable bonds is 5. The van der Waals surface area contributed by atoms with Crippen molar-refractivity contribution in [3.05, 3.63) is 53.3 Å². The number of pyridine rings is 1. The predicted octanol–water partition coefficient (Wildman–Crippen LogP) is 3.70. The van der Waals surface area contributed by atoms with Gasteiger partial charge in [0.15, 0.2) is 0 Å². The molecule has 1 atom stereocenters. The monoisotopic (exact) mass is 326 g/mol. The molecule has 1 aliphatic heterocycles. The van der Waals surface area contributed by atoms with E-state index in [0.29, 0.717) is 18.2 Å². The summed E-state index contributed by atoms with van der Waals surface area (Å²) in [6.45, 7) is 7.52. The van der Waals surface area contributed by atoms with Gasteiger partial charge in [-0.05, 0) is 57.5 Å². The molecule has 1 fully saturated rings. The summed E-state index contributed by atoms with van der Waals surface area (Å²) in [4.78, 5) is 6.84. The van der Waals surface area contributed by atoms with Crippen molar-refractivity contribution in [1.82, 2.24) is 9.88 Å². The Morgan fingerprint density at radius 1 is 1.17 bits per heavy atom. The number of likely N-dealkylation sites (tertiary alicyclic amines) is 1. The van der Waals surface area contributed by atoms with Crippen LogP contribution in [0.2, 0.25) is 0 Å². The summed E-state index contributed by atoms with van der Waals surface area (Å²) in [5.74, 6) is 1.75. The van der Waals surface area contributed by atoms with Gasteiger partial charge in [-0.15, -0.1) is 0 Å². The fourth-order valence-corrected chi connectivity index (χ4v) is 3.21. The Bertz CT molecular complexity index is 670. The molecule has 0 amide bonds. The largest absolute Gasteiger partial charge is 0.506 e. The van der Waals surface area contributed by atoms with Crippen LogP contribution in [-0.4, -0.2) is 34.7 Å². The highest BCUT2D eigenvalue weighted by atomic mass is 16.5. The van der Waals surface area contributed by atoms with Crippen LogP contribution in [0.15, 0.2) is 36.4 Å². The molecule has 2 aromatic rings. The van der Waals surface area contributed by atoms with Gasteiger partial charge < -0.3 is 9.84 Å². The highest BCUT2D eigenvalue weighted by Gasteiger charge is 2.21. The van der Waals surface area contributed by atoms with Crippen LogP contribution in [0.4, 0.5) is 0 Å². The van der Waals surface area contributed by atoms with Crippen LogP contribution in [0, 0.1) is 19.8 Å². The molecule has 1 saturated heterocycles. The fourth-order valence-electron chi connectivity index (χ4n) is 3.21. The molecule has 0 radical (unpaired) electrons. The zero-order valence-corrected chi connectivity index (χ0v) is 14.5. The van der Waals surface area contributed by atoms with Crippen LogP contribution in [0.5, 0.6) is 11.5 Å². The first-order chi connectivity index (χ1) is 11.6. The van der Waals surface area contributed by atoms with Crippen LogP contribution in [0.3, 0.4) is 0 Å². The molecule has 0 aliphatic carbocycles. The molecule has 4 heteroatoms. The van der Waals surface area contributed by atoms with Crippen molar-refractivity contribution >= 4 is 0 Å². The fraction of sp³-hybridized carbons (Fsp3) is 0.450. The van der Waals surface area contributed by atoms with Gasteiger partial charge in [-0.1, -0.05) is 17.7 Å². The molecule has 2 heterocycles. The van der Waals surface area contributed by atoms with E-state index in [0.717, 1.165) is 43.3 Å². The molecule has 3 rings (SSSR count). The highest BCUT2D eigenvalue weighted by Crippen LogP contribution is 2.23. The lowest BCUT2D eigenvalue weighted by Crippen LogP contribution is -2.37. The van der Waals surface area contributed by atoms with Gasteiger partial charge >= 0.3 is 0 Å². The van der Waals surface area contributed by atoms with Gasteiger partial charge in [0.05, 0.1) is 12.3 Å². The first kappa shape index (κ1) is 16.8. The molecule has 128 valence electrons. The molecule has 4 nitrogen and oxygen atoms in total. The Balaban J connectivity index is 1.54. The highest BCUT2D eigenvalue weighted by molar-refractivity contribution is 5.28. The summed E-state index contributed by atoms with van der Waals surface area (Å²) in [5.41, 5.74) is 2.96. The van der Waals surface area contributed by atoms with Crippen LogP contribution < -0.4 is 4.74 Å². The lowest BCUT2D eigenvalue weighted by molar-refractivity contribution is 0.123. The van der Waals surface area contributed by atoms with Gasteiger partial charge in [0.1, 0.15) is 11.5 Å². The first-order valence-electron chi connectivity index (χ1n) is 8.67. The standard InChI is InChI=1S/C20H26N2O2/c1-15-5-8-18(9-6-15)24-14-17-4-3-11-22(12-17)13-19-20(23)10-7-16(2)21-19/h5-10,17,23H,3-4,11-14H2,1-2H3/t17-/m0/s1. The van der Waals surface area contributed by atoms with Crippen molar-refractivity contribution < 1.29 is 9.84 Å². The Hall–Kier alpha value is -2.07. The molecular weight excluding hydrogens is 300 g/mol. The summed E-state index contributed by atoms with van der Waals surface area (Å²) >= 11 is 0. The van der Waals surface area contributed by atoms with Crippen molar-refractivity contribution in [3.8, 4) is 11.5 Å². The second kappa shape index (κ2) is 7.67. The minimum Gasteiger partial charge on any atom is -0.506 e. The van der Waals surface area contributed by atoms with E-state index in [4.69, 9.17) is 4.74 Å². The lowest BCUT2D eigenvalue weighted by atomic mass is 9.98. The van der Waals surface area contributed by atoms with Crippen molar-refractivity contribution in [2.24, 2.45) is 5.92 Å². The molecule has 24 heavy (non-hydrogen) atoms. The first-order valence-corrected chi connectivity index (χ1v) is 8.67. The number of ether oxygens (including phenoxy) is 1. The summed E-state index contributed by atoms with van der Waals surface area (Å²) in [7, 11) is 0. The van der Waals surface area contributed by atoms with Crippen LogP contribution in [0.25, 0.3) is 0 Å². The summed E-state index contributed by atoms with van der Waals surface area (Å²) < 4.78 is 5.95. The minimum atomic E-state index is 0.290. The van der Waals surface area contributed by atoms with Gasteiger partial charge in [-0.3, -0.25) is 9.88 Å². The molecule has 0 unspecified atom stereocenters. The van der Waals surface area contributed by atoms with E-state index < -0.39 is 0 Å². The van der Waals surface area contributed by atoms with E-state index >= 15 is 0 Å². The lowest BCUT2D eigenvalue weighted by Gasteiger charge is -2.32. The van der Waals surface area contributed by atoms with E-state index in [1.165, 1.54) is 12.0 Å². The zero-order chi connectivity index (χ0) is 16.9.